The highest BCUT2D eigenvalue weighted by Crippen LogP contribution is 2.21. The lowest BCUT2D eigenvalue weighted by molar-refractivity contribution is -0.127. The van der Waals surface area contributed by atoms with E-state index in [9.17, 15) is 14.4 Å². The minimum Gasteiger partial charge on any atom is -0.324 e. The number of urea groups is 1. The predicted molar refractivity (Wildman–Crippen MR) is 128 cm³/mol. The van der Waals surface area contributed by atoms with Crippen LogP contribution in [-0.4, -0.2) is 33.9 Å². The van der Waals surface area contributed by atoms with Crippen molar-refractivity contribution in [3.05, 3.63) is 88.9 Å². The summed E-state index contributed by atoms with van der Waals surface area (Å²) in [5.74, 6) is -0.967. The molecule has 168 valence electrons. The van der Waals surface area contributed by atoms with Crippen LogP contribution in [0.4, 0.5) is 10.5 Å². The van der Waals surface area contributed by atoms with Crippen LogP contribution in [0.3, 0.4) is 0 Å². The van der Waals surface area contributed by atoms with Crippen LogP contribution in [0.2, 0.25) is 0 Å². The lowest BCUT2D eigenvalue weighted by atomic mass is 10.1. The van der Waals surface area contributed by atoms with Crippen molar-refractivity contribution >= 4 is 29.6 Å². The predicted octanol–water partition coefficient (Wildman–Crippen LogP) is 4.19. The monoisotopic (exact) mass is 442 g/mol. The molecule has 0 bridgehead atoms. The van der Waals surface area contributed by atoms with Crippen molar-refractivity contribution in [2.45, 2.75) is 27.2 Å². The first-order chi connectivity index (χ1) is 15.9. The number of benzene rings is 2. The second-order valence-electron chi connectivity index (χ2n) is 8.01. The summed E-state index contributed by atoms with van der Waals surface area (Å²) >= 11 is 0. The molecule has 0 spiro atoms. The van der Waals surface area contributed by atoms with Gasteiger partial charge in [-0.25, -0.2) is 9.69 Å². The SMILES string of the molecule is CCc1ccccc1NC(=O)CN1C(=O)N/C(=C/c2cccn2-c2ccc(C)c(C)c2)C1=O. The Morgan fingerprint density at radius 1 is 1.03 bits per heavy atom. The number of rotatable bonds is 6. The molecule has 0 saturated carbocycles. The maximum atomic E-state index is 12.9. The van der Waals surface area contributed by atoms with Crippen molar-refractivity contribution in [3.8, 4) is 5.69 Å². The Bertz CT molecular complexity index is 1270. The second-order valence-corrected chi connectivity index (χ2v) is 8.01. The van der Waals surface area contributed by atoms with E-state index < -0.39 is 17.8 Å². The van der Waals surface area contributed by atoms with E-state index in [1.807, 2.05) is 67.1 Å². The van der Waals surface area contributed by atoms with Crippen molar-refractivity contribution in [2.75, 3.05) is 11.9 Å². The molecule has 7 heteroatoms. The number of hydrogen-bond acceptors (Lipinski definition) is 3. The van der Waals surface area contributed by atoms with E-state index in [-0.39, 0.29) is 12.2 Å². The number of anilines is 1. The molecule has 1 fully saturated rings. The zero-order chi connectivity index (χ0) is 23.5. The molecule has 0 radical (unpaired) electrons. The van der Waals surface area contributed by atoms with E-state index in [0.717, 1.165) is 33.8 Å². The number of carbonyl (C=O) groups is 3. The van der Waals surface area contributed by atoms with Gasteiger partial charge in [0.05, 0.1) is 0 Å². The Labute approximate surface area is 192 Å². The van der Waals surface area contributed by atoms with Gasteiger partial charge in [-0.2, -0.15) is 0 Å². The summed E-state index contributed by atoms with van der Waals surface area (Å²) in [5.41, 5.74) is 5.84. The van der Waals surface area contributed by atoms with Gasteiger partial charge in [-0.05, 0) is 73.4 Å². The Morgan fingerprint density at radius 3 is 2.58 bits per heavy atom. The smallest absolute Gasteiger partial charge is 0.324 e. The number of carbonyl (C=O) groups excluding carboxylic acids is 3. The van der Waals surface area contributed by atoms with Crippen LogP contribution in [0.15, 0.2) is 66.5 Å². The largest absolute Gasteiger partial charge is 0.329 e. The Morgan fingerprint density at radius 2 is 1.82 bits per heavy atom. The highest BCUT2D eigenvalue weighted by molar-refractivity contribution is 6.15. The van der Waals surface area contributed by atoms with Gasteiger partial charge in [0, 0.05) is 23.3 Å². The molecular formula is C26H26N4O3. The molecule has 1 aromatic heterocycles. The summed E-state index contributed by atoms with van der Waals surface area (Å²) < 4.78 is 1.94. The molecule has 7 nitrogen and oxygen atoms in total. The van der Waals surface area contributed by atoms with E-state index in [1.54, 1.807) is 12.1 Å². The number of nitrogens with zero attached hydrogens (tertiary/aromatic N) is 2. The quantitative estimate of drug-likeness (QED) is 0.444. The number of aromatic nitrogens is 1. The molecular weight excluding hydrogens is 416 g/mol. The van der Waals surface area contributed by atoms with Crippen LogP contribution in [0, 0.1) is 13.8 Å². The third-order valence-corrected chi connectivity index (χ3v) is 5.78. The molecule has 2 N–H and O–H groups in total. The Kier molecular flexibility index (Phi) is 6.13. The van der Waals surface area contributed by atoms with E-state index >= 15 is 0 Å². The summed E-state index contributed by atoms with van der Waals surface area (Å²) in [5, 5.41) is 5.38. The Balaban J connectivity index is 1.51. The zero-order valence-electron chi connectivity index (χ0n) is 18.9. The van der Waals surface area contributed by atoms with Crippen molar-refractivity contribution < 1.29 is 14.4 Å². The molecule has 4 amide bonds. The fourth-order valence-electron chi connectivity index (χ4n) is 3.77. The first-order valence-electron chi connectivity index (χ1n) is 10.8. The number of para-hydroxylation sites is 1. The maximum Gasteiger partial charge on any atom is 0.329 e. The zero-order valence-corrected chi connectivity index (χ0v) is 18.9. The van der Waals surface area contributed by atoms with Crippen LogP contribution in [0.5, 0.6) is 0 Å². The molecule has 1 aliphatic heterocycles. The molecule has 1 aliphatic rings. The molecule has 0 unspecified atom stereocenters. The van der Waals surface area contributed by atoms with Crippen molar-refractivity contribution in [3.63, 3.8) is 0 Å². The average molecular weight is 443 g/mol. The normalized spacial score (nSPS) is 14.6. The standard InChI is InChI=1S/C26H26N4O3/c1-4-19-8-5-6-10-22(19)27-24(31)16-30-25(32)23(28-26(30)33)15-20-9-7-13-29(20)21-12-11-17(2)18(3)14-21/h5-15H,4,16H2,1-3H3,(H,27,31)(H,28,33)/b23-15+. The van der Waals surface area contributed by atoms with Crippen LogP contribution in [0.25, 0.3) is 11.8 Å². The van der Waals surface area contributed by atoms with Crippen LogP contribution < -0.4 is 10.6 Å². The summed E-state index contributed by atoms with van der Waals surface area (Å²) in [6, 6.07) is 16.7. The van der Waals surface area contributed by atoms with Gasteiger partial charge < -0.3 is 15.2 Å². The first-order valence-corrected chi connectivity index (χ1v) is 10.8. The lowest BCUT2D eigenvalue weighted by Gasteiger charge is -2.13. The van der Waals surface area contributed by atoms with Gasteiger partial charge in [0.2, 0.25) is 5.91 Å². The number of hydrogen-bond donors (Lipinski definition) is 2. The van der Waals surface area contributed by atoms with E-state index in [4.69, 9.17) is 0 Å². The lowest BCUT2D eigenvalue weighted by Crippen LogP contribution is -2.38. The molecule has 33 heavy (non-hydrogen) atoms. The minimum atomic E-state index is -0.616. The number of imide groups is 1. The molecule has 0 atom stereocenters. The maximum absolute atomic E-state index is 12.9. The third-order valence-electron chi connectivity index (χ3n) is 5.78. The highest BCUT2D eigenvalue weighted by Gasteiger charge is 2.35. The van der Waals surface area contributed by atoms with Gasteiger partial charge in [-0.1, -0.05) is 31.2 Å². The molecule has 3 aromatic rings. The second kappa shape index (κ2) is 9.16. The highest BCUT2D eigenvalue weighted by atomic mass is 16.2. The fraction of sp³-hybridized carbons (Fsp3) is 0.192. The Hall–Kier alpha value is -4.13. The van der Waals surface area contributed by atoms with Crippen LogP contribution in [-0.2, 0) is 16.0 Å². The summed E-state index contributed by atoms with van der Waals surface area (Å²) in [6.07, 6.45) is 4.28. The summed E-state index contributed by atoms with van der Waals surface area (Å²) in [7, 11) is 0. The molecule has 2 aromatic carbocycles. The van der Waals surface area contributed by atoms with Gasteiger partial charge >= 0.3 is 6.03 Å². The summed E-state index contributed by atoms with van der Waals surface area (Å²) in [6.45, 7) is 5.73. The van der Waals surface area contributed by atoms with Crippen molar-refractivity contribution in [2.24, 2.45) is 0 Å². The molecule has 1 saturated heterocycles. The van der Waals surface area contributed by atoms with Gasteiger partial charge in [0.1, 0.15) is 12.2 Å². The van der Waals surface area contributed by atoms with E-state index in [0.29, 0.717) is 5.69 Å². The number of amides is 4. The third kappa shape index (κ3) is 4.57. The molecule has 2 heterocycles. The van der Waals surface area contributed by atoms with Gasteiger partial charge in [0.25, 0.3) is 5.91 Å². The summed E-state index contributed by atoms with van der Waals surface area (Å²) in [4.78, 5) is 38.8. The van der Waals surface area contributed by atoms with Crippen molar-refractivity contribution in [1.29, 1.82) is 0 Å². The topological polar surface area (TPSA) is 83.4 Å². The van der Waals surface area contributed by atoms with E-state index in [2.05, 4.69) is 23.6 Å². The van der Waals surface area contributed by atoms with Crippen LogP contribution in [0.1, 0.15) is 29.3 Å². The average Bonchev–Trinajstić information content (AvgIpc) is 3.36. The van der Waals surface area contributed by atoms with E-state index in [1.165, 1.54) is 5.56 Å². The van der Waals surface area contributed by atoms with Gasteiger partial charge in [0.15, 0.2) is 0 Å². The van der Waals surface area contributed by atoms with Crippen molar-refractivity contribution in [1.82, 2.24) is 14.8 Å². The molecule has 0 aliphatic carbocycles. The van der Waals surface area contributed by atoms with Gasteiger partial charge in [-0.3, -0.25) is 9.59 Å². The van der Waals surface area contributed by atoms with Crippen LogP contribution >= 0.6 is 0 Å². The molecule has 4 rings (SSSR count). The number of nitrogens with one attached hydrogen (secondary N) is 2. The first kappa shape index (κ1) is 22.1. The minimum absolute atomic E-state index is 0.130. The fourth-order valence-corrected chi connectivity index (χ4v) is 3.77. The van der Waals surface area contributed by atoms with Gasteiger partial charge in [-0.15, -0.1) is 0 Å². The number of aryl methyl sites for hydroxylation is 3.